The fourth-order valence-electron chi connectivity index (χ4n) is 2.80. The Labute approximate surface area is 200 Å². The van der Waals surface area contributed by atoms with Gasteiger partial charge < -0.3 is 14.8 Å². The monoisotopic (exact) mass is 486 g/mol. The summed E-state index contributed by atoms with van der Waals surface area (Å²) < 4.78 is 11.2. The van der Waals surface area contributed by atoms with Gasteiger partial charge in [0.25, 0.3) is 5.91 Å². The molecule has 3 aromatic carbocycles. The van der Waals surface area contributed by atoms with Crippen molar-refractivity contribution in [3.63, 3.8) is 0 Å². The molecule has 0 heterocycles. The molecule has 0 radical (unpaired) electrons. The van der Waals surface area contributed by atoms with Crippen LogP contribution in [0.1, 0.15) is 11.1 Å². The van der Waals surface area contributed by atoms with Crippen molar-refractivity contribution < 1.29 is 14.3 Å². The van der Waals surface area contributed by atoms with E-state index in [1.54, 1.807) is 30.3 Å². The summed E-state index contributed by atoms with van der Waals surface area (Å²) >= 11 is 18.5. The quantitative estimate of drug-likeness (QED) is 0.294. The Balaban J connectivity index is 1.84. The van der Waals surface area contributed by atoms with Crippen LogP contribution in [0.25, 0.3) is 6.08 Å². The van der Waals surface area contributed by atoms with E-state index in [-0.39, 0.29) is 20.6 Å². The van der Waals surface area contributed by atoms with Gasteiger partial charge in [-0.2, -0.15) is 5.26 Å². The highest BCUT2D eigenvalue weighted by Gasteiger charge is 2.16. The van der Waals surface area contributed by atoms with Crippen LogP contribution in [0.4, 0.5) is 5.69 Å². The molecule has 0 aliphatic heterocycles. The van der Waals surface area contributed by atoms with Crippen LogP contribution in [0.15, 0.2) is 66.2 Å². The summed E-state index contributed by atoms with van der Waals surface area (Å²) in [5.41, 5.74) is 1.60. The van der Waals surface area contributed by atoms with Crippen LogP contribution >= 0.6 is 34.8 Å². The van der Waals surface area contributed by atoms with Gasteiger partial charge in [-0.3, -0.25) is 4.79 Å². The van der Waals surface area contributed by atoms with Crippen molar-refractivity contribution in [1.29, 1.82) is 5.26 Å². The van der Waals surface area contributed by atoms with Gasteiger partial charge in [0.1, 0.15) is 18.2 Å². The zero-order valence-electron chi connectivity index (χ0n) is 16.9. The Hall–Kier alpha value is -3.17. The molecule has 0 fully saturated rings. The first-order chi connectivity index (χ1) is 15.4. The standard InChI is InChI=1S/C24H17Cl3N2O3/c1-31-21-12-16(11-19(26)23(21)32-14-15-6-3-2-4-7-15)10-17(13-28)24(30)29-20-9-5-8-18(25)22(20)27/h2-12H,14H2,1H3,(H,29,30)/b17-10-. The number of rotatable bonds is 7. The molecule has 0 saturated carbocycles. The second-order valence-corrected chi connectivity index (χ2v) is 7.73. The van der Waals surface area contributed by atoms with E-state index in [4.69, 9.17) is 44.3 Å². The van der Waals surface area contributed by atoms with Gasteiger partial charge in [-0.15, -0.1) is 0 Å². The van der Waals surface area contributed by atoms with Gasteiger partial charge in [0.05, 0.1) is 27.9 Å². The molecule has 0 aliphatic carbocycles. The molecule has 32 heavy (non-hydrogen) atoms. The summed E-state index contributed by atoms with van der Waals surface area (Å²) in [5.74, 6) is 0.0928. The average molecular weight is 488 g/mol. The second-order valence-electron chi connectivity index (χ2n) is 6.53. The van der Waals surface area contributed by atoms with Crippen LogP contribution in [-0.4, -0.2) is 13.0 Å². The predicted octanol–water partition coefficient (Wildman–Crippen LogP) is 6.78. The van der Waals surface area contributed by atoms with Gasteiger partial charge in [0.15, 0.2) is 11.5 Å². The molecule has 0 aromatic heterocycles. The zero-order valence-corrected chi connectivity index (χ0v) is 19.1. The molecule has 0 unspecified atom stereocenters. The minimum atomic E-state index is -0.642. The Morgan fingerprint density at radius 1 is 1.06 bits per heavy atom. The number of carbonyl (C=O) groups is 1. The first-order valence-corrected chi connectivity index (χ1v) is 10.5. The van der Waals surface area contributed by atoms with E-state index in [0.717, 1.165) is 5.56 Å². The Morgan fingerprint density at radius 3 is 2.50 bits per heavy atom. The summed E-state index contributed by atoms with van der Waals surface area (Å²) in [7, 11) is 1.48. The fraction of sp³-hybridized carbons (Fsp3) is 0.0833. The van der Waals surface area contributed by atoms with Crippen molar-refractivity contribution in [2.45, 2.75) is 6.61 Å². The van der Waals surface area contributed by atoms with Gasteiger partial charge in [-0.1, -0.05) is 71.2 Å². The molecule has 1 N–H and O–H groups in total. The lowest BCUT2D eigenvalue weighted by Crippen LogP contribution is -2.13. The maximum atomic E-state index is 12.6. The fourth-order valence-corrected chi connectivity index (χ4v) is 3.42. The van der Waals surface area contributed by atoms with Gasteiger partial charge in [-0.05, 0) is 41.5 Å². The van der Waals surface area contributed by atoms with Crippen LogP contribution < -0.4 is 14.8 Å². The Bertz CT molecular complexity index is 1210. The summed E-state index contributed by atoms with van der Waals surface area (Å²) in [4.78, 5) is 12.6. The topological polar surface area (TPSA) is 71.3 Å². The summed E-state index contributed by atoms with van der Waals surface area (Å²) in [6.45, 7) is 0.304. The number of nitriles is 1. The third kappa shape index (κ3) is 5.74. The highest BCUT2D eigenvalue weighted by molar-refractivity contribution is 6.44. The number of carbonyl (C=O) groups excluding carboxylic acids is 1. The molecular weight excluding hydrogens is 471 g/mol. The molecular formula is C24H17Cl3N2O3. The summed E-state index contributed by atoms with van der Waals surface area (Å²) in [5, 5.41) is 12.8. The highest BCUT2D eigenvalue weighted by atomic mass is 35.5. The molecule has 8 heteroatoms. The van der Waals surface area contributed by atoms with Crippen LogP contribution in [0.3, 0.4) is 0 Å². The zero-order chi connectivity index (χ0) is 23.1. The molecule has 0 saturated heterocycles. The lowest BCUT2D eigenvalue weighted by atomic mass is 10.1. The van der Waals surface area contributed by atoms with E-state index in [9.17, 15) is 10.1 Å². The van der Waals surface area contributed by atoms with Gasteiger partial charge >= 0.3 is 0 Å². The van der Waals surface area contributed by atoms with E-state index >= 15 is 0 Å². The van der Waals surface area contributed by atoms with E-state index in [2.05, 4.69) is 5.32 Å². The number of benzene rings is 3. The molecule has 0 spiro atoms. The van der Waals surface area contributed by atoms with Crippen LogP contribution in [0, 0.1) is 11.3 Å². The molecule has 1 amide bonds. The number of hydrogen-bond donors (Lipinski definition) is 1. The number of methoxy groups -OCH3 is 1. The van der Waals surface area contributed by atoms with Crippen molar-refractivity contribution in [2.24, 2.45) is 0 Å². The third-order valence-corrected chi connectivity index (χ3v) is 5.45. The number of anilines is 1. The Kier molecular flexibility index (Phi) is 8.02. The van der Waals surface area contributed by atoms with Gasteiger partial charge in [0, 0.05) is 0 Å². The van der Waals surface area contributed by atoms with Gasteiger partial charge in [-0.25, -0.2) is 0 Å². The molecule has 3 rings (SSSR count). The first-order valence-electron chi connectivity index (χ1n) is 9.34. The van der Waals surface area contributed by atoms with E-state index in [1.807, 2.05) is 36.4 Å². The normalized spacial score (nSPS) is 10.9. The number of hydrogen-bond acceptors (Lipinski definition) is 4. The molecule has 0 aliphatic rings. The smallest absolute Gasteiger partial charge is 0.266 e. The Morgan fingerprint density at radius 2 is 1.81 bits per heavy atom. The maximum absolute atomic E-state index is 12.6. The van der Waals surface area contributed by atoms with Crippen LogP contribution in [0.2, 0.25) is 15.1 Å². The lowest BCUT2D eigenvalue weighted by Gasteiger charge is -2.13. The maximum Gasteiger partial charge on any atom is 0.266 e. The summed E-state index contributed by atoms with van der Waals surface area (Å²) in [6.07, 6.45) is 1.39. The van der Waals surface area contributed by atoms with Crippen molar-refractivity contribution in [2.75, 3.05) is 12.4 Å². The average Bonchev–Trinajstić information content (AvgIpc) is 2.80. The summed E-state index contributed by atoms with van der Waals surface area (Å²) in [6, 6.07) is 19.5. The number of amides is 1. The molecule has 0 bridgehead atoms. The largest absolute Gasteiger partial charge is 0.493 e. The minimum Gasteiger partial charge on any atom is -0.493 e. The number of halogens is 3. The number of ether oxygens (including phenoxy) is 2. The minimum absolute atomic E-state index is 0.155. The van der Waals surface area contributed by atoms with Crippen LogP contribution in [0.5, 0.6) is 11.5 Å². The lowest BCUT2D eigenvalue weighted by molar-refractivity contribution is -0.112. The van der Waals surface area contributed by atoms with Crippen molar-refractivity contribution >= 4 is 52.5 Å². The number of nitrogens with one attached hydrogen (secondary N) is 1. The van der Waals surface area contributed by atoms with Crippen molar-refractivity contribution in [3.8, 4) is 17.6 Å². The van der Waals surface area contributed by atoms with E-state index in [1.165, 1.54) is 13.2 Å². The number of nitrogens with zero attached hydrogens (tertiary/aromatic N) is 1. The predicted molar refractivity (Wildman–Crippen MR) is 127 cm³/mol. The van der Waals surface area contributed by atoms with E-state index < -0.39 is 5.91 Å². The van der Waals surface area contributed by atoms with Crippen molar-refractivity contribution in [3.05, 3.63) is 92.4 Å². The SMILES string of the molecule is COc1cc(/C=C(/C#N)C(=O)Nc2cccc(Cl)c2Cl)cc(Cl)c1OCc1ccccc1. The molecule has 5 nitrogen and oxygen atoms in total. The molecule has 3 aromatic rings. The first kappa shape index (κ1) is 23.5. The molecule has 162 valence electrons. The van der Waals surface area contributed by atoms with E-state index in [0.29, 0.717) is 29.4 Å². The van der Waals surface area contributed by atoms with Crippen molar-refractivity contribution in [1.82, 2.24) is 0 Å². The van der Waals surface area contributed by atoms with Crippen LogP contribution in [-0.2, 0) is 11.4 Å². The molecule has 0 atom stereocenters. The van der Waals surface area contributed by atoms with Gasteiger partial charge in [0.2, 0.25) is 0 Å². The third-order valence-electron chi connectivity index (χ3n) is 4.35. The second kappa shape index (κ2) is 10.9. The highest BCUT2D eigenvalue weighted by Crippen LogP contribution is 2.37.